The van der Waals surface area contributed by atoms with Crippen molar-refractivity contribution in [3.8, 4) is 5.75 Å². The maximum Gasteiger partial charge on any atom is 0.416 e. The monoisotopic (exact) mass is 505 g/mol. The molecule has 2 fully saturated rings. The maximum absolute atomic E-state index is 15.3. The van der Waals surface area contributed by atoms with Crippen LogP contribution in [0.1, 0.15) is 30.4 Å². The van der Waals surface area contributed by atoms with Crippen molar-refractivity contribution in [2.45, 2.75) is 41.1 Å². The first-order valence-corrected chi connectivity index (χ1v) is 12.9. The van der Waals surface area contributed by atoms with Gasteiger partial charge in [0, 0.05) is 17.7 Å². The predicted octanol–water partition coefficient (Wildman–Crippen LogP) is 5.08. The van der Waals surface area contributed by atoms with Crippen LogP contribution in [0.2, 0.25) is 0 Å². The molecule has 4 nitrogen and oxygen atoms in total. The van der Waals surface area contributed by atoms with Crippen molar-refractivity contribution >= 4 is 21.8 Å². The molecule has 11 heteroatoms. The molecule has 5 rings (SSSR count). The second kappa shape index (κ2) is 7.84. The number of sulfone groups is 1. The summed E-state index contributed by atoms with van der Waals surface area (Å²) in [6.45, 7) is -0.124. The van der Waals surface area contributed by atoms with E-state index >= 15 is 4.39 Å². The molecule has 2 aromatic carbocycles. The van der Waals surface area contributed by atoms with E-state index in [1.54, 1.807) is 0 Å². The summed E-state index contributed by atoms with van der Waals surface area (Å²) in [7, 11) is -4.44. The fourth-order valence-electron chi connectivity index (χ4n) is 5.62. The number of nitrogens with one attached hydrogen (secondary N) is 1. The zero-order chi connectivity index (χ0) is 23.6. The van der Waals surface area contributed by atoms with Gasteiger partial charge in [0.05, 0.1) is 22.6 Å². The van der Waals surface area contributed by atoms with Crippen LogP contribution in [0.25, 0.3) is 0 Å². The van der Waals surface area contributed by atoms with Crippen molar-refractivity contribution < 1.29 is 35.1 Å². The molecule has 0 bridgehead atoms. The van der Waals surface area contributed by atoms with Gasteiger partial charge in [-0.05, 0) is 61.6 Å². The largest absolute Gasteiger partial charge is 0.490 e. The summed E-state index contributed by atoms with van der Waals surface area (Å²) >= 11 is 1.54. The van der Waals surface area contributed by atoms with Crippen molar-refractivity contribution in [3.05, 3.63) is 59.2 Å². The van der Waals surface area contributed by atoms with Gasteiger partial charge in [-0.1, -0.05) is 11.9 Å². The second-order valence-corrected chi connectivity index (χ2v) is 11.8. The second-order valence-electron chi connectivity index (χ2n) is 8.63. The molecular formula is C22H20F5NO3S2. The van der Waals surface area contributed by atoms with Crippen LogP contribution >= 0.6 is 11.9 Å². The molecular weight excluding hydrogens is 485 g/mol. The molecule has 2 aromatic rings. The van der Waals surface area contributed by atoms with Crippen LogP contribution in [0, 0.1) is 23.5 Å². The molecule has 0 aromatic heterocycles. The molecule has 0 unspecified atom stereocenters. The lowest BCUT2D eigenvalue weighted by Gasteiger charge is -2.54. The Kier molecular flexibility index (Phi) is 5.45. The summed E-state index contributed by atoms with van der Waals surface area (Å²) in [4.78, 5) is -0.353. The summed E-state index contributed by atoms with van der Waals surface area (Å²) in [6.07, 6.45) is -3.59. The predicted molar refractivity (Wildman–Crippen MR) is 112 cm³/mol. The van der Waals surface area contributed by atoms with E-state index in [1.165, 1.54) is 11.9 Å². The van der Waals surface area contributed by atoms with E-state index in [1.807, 2.05) is 0 Å². The molecule has 1 saturated carbocycles. The van der Waals surface area contributed by atoms with E-state index in [0.29, 0.717) is 30.7 Å². The Balaban J connectivity index is 1.73. The number of benzene rings is 2. The highest BCUT2D eigenvalue weighted by Crippen LogP contribution is 2.59. The number of hydrogen-bond donors (Lipinski definition) is 1. The van der Waals surface area contributed by atoms with Crippen molar-refractivity contribution in [2.75, 3.05) is 12.4 Å². The van der Waals surface area contributed by atoms with Crippen LogP contribution in [0.5, 0.6) is 5.75 Å². The first-order chi connectivity index (χ1) is 15.6. The molecule has 1 aliphatic carbocycles. The molecule has 1 N–H and O–H groups in total. The average Bonchev–Trinajstić information content (AvgIpc) is 2.80. The van der Waals surface area contributed by atoms with Crippen LogP contribution in [0.15, 0.2) is 41.3 Å². The summed E-state index contributed by atoms with van der Waals surface area (Å²) in [5, 5.41) is 0. The Morgan fingerprint density at radius 2 is 1.73 bits per heavy atom. The fraction of sp³-hybridized carbons (Fsp3) is 0.455. The smallest absolute Gasteiger partial charge is 0.416 e. The molecule has 0 spiro atoms. The van der Waals surface area contributed by atoms with Gasteiger partial charge in [0.1, 0.15) is 10.6 Å². The van der Waals surface area contributed by atoms with Crippen LogP contribution < -0.4 is 9.46 Å². The minimum absolute atomic E-state index is 0.00746. The molecule has 3 aliphatic rings. The number of hydrogen-bond acceptors (Lipinski definition) is 5. The summed E-state index contributed by atoms with van der Waals surface area (Å²) < 4.78 is 104. The number of halogens is 5. The Hall–Kier alpha value is -1.85. The molecule has 0 amide bonds. The molecule has 33 heavy (non-hydrogen) atoms. The number of alkyl halides is 3. The summed E-state index contributed by atoms with van der Waals surface area (Å²) in [5.74, 6) is -2.36. The summed E-state index contributed by atoms with van der Waals surface area (Å²) in [5.41, 5.74) is -1.34. The van der Waals surface area contributed by atoms with Crippen molar-refractivity contribution in [3.63, 3.8) is 0 Å². The topological polar surface area (TPSA) is 55.4 Å². The van der Waals surface area contributed by atoms with Gasteiger partial charge in [0.15, 0.2) is 21.4 Å². The molecule has 2 heterocycles. The van der Waals surface area contributed by atoms with Gasteiger partial charge in [-0.25, -0.2) is 17.2 Å². The van der Waals surface area contributed by atoms with Crippen molar-refractivity contribution in [2.24, 2.45) is 11.8 Å². The third kappa shape index (κ3) is 3.37. The lowest BCUT2D eigenvalue weighted by molar-refractivity contribution is -0.137. The first-order valence-electron chi connectivity index (χ1n) is 10.5. The molecule has 2 aliphatic heterocycles. The van der Waals surface area contributed by atoms with E-state index in [0.717, 1.165) is 24.3 Å². The molecule has 1 saturated heterocycles. The minimum atomic E-state index is -4.63. The Labute approximate surface area is 191 Å². The van der Waals surface area contributed by atoms with Gasteiger partial charge < -0.3 is 4.74 Å². The molecule has 4 atom stereocenters. The normalized spacial score (nSPS) is 29.4. The van der Waals surface area contributed by atoms with Gasteiger partial charge in [-0.2, -0.15) is 13.2 Å². The molecule has 178 valence electrons. The highest BCUT2D eigenvalue weighted by Gasteiger charge is 2.62. The Bertz CT molecular complexity index is 1190. The third-order valence-electron chi connectivity index (χ3n) is 7.11. The third-order valence-corrected chi connectivity index (χ3v) is 10.6. The lowest BCUT2D eigenvalue weighted by Crippen LogP contribution is -2.60. The standard InChI is InChI=1S/C22H20F5NO3S2/c23-16-5-6-17(24)20-19(16)21(9-7-18-14(8-10-32-28-18)15(21)11-31-20)33(29,30)13-3-1-12(2-4-13)22(25,26)27/h1-6,14-15,18,28H,7-11H2/t14-,15-,18+,21-/m0/s1. The van der Waals surface area contributed by atoms with Gasteiger partial charge in [-0.3, -0.25) is 4.72 Å². The van der Waals surface area contributed by atoms with E-state index in [-0.39, 0.29) is 35.4 Å². The first kappa shape index (κ1) is 22.9. The van der Waals surface area contributed by atoms with E-state index in [2.05, 4.69) is 4.72 Å². The van der Waals surface area contributed by atoms with Crippen molar-refractivity contribution in [1.82, 2.24) is 4.72 Å². The Morgan fingerprint density at radius 1 is 1.03 bits per heavy atom. The van der Waals surface area contributed by atoms with E-state index in [9.17, 15) is 26.0 Å². The van der Waals surface area contributed by atoms with E-state index < -0.39 is 49.6 Å². The van der Waals surface area contributed by atoms with Gasteiger partial charge in [-0.15, -0.1) is 0 Å². The quantitative estimate of drug-likeness (QED) is 0.456. The van der Waals surface area contributed by atoms with Crippen LogP contribution in [-0.4, -0.2) is 26.8 Å². The van der Waals surface area contributed by atoms with Gasteiger partial charge >= 0.3 is 6.18 Å². The zero-order valence-corrected chi connectivity index (χ0v) is 18.8. The minimum Gasteiger partial charge on any atom is -0.490 e. The van der Waals surface area contributed by atoms with Crippen molar-refractivity contribution in [1.29, 1.82) is 0 Å². The van der Waals surface area contributed by atoms with Crippen LogP contribution in [0.4, 0.5) is 22.0 Å². The van der Waals surface area contributed by atoms with Gasteiger partial charge in [0.25, 0.3) is 0 Å². The number of rotatable bonds is 2. The highest BCUT2D eigenvalue weighted by atomic mass is 32.2. The number of fused-ring (bicyclic) bond motifs is 5. The van der Waals surface area contributed by atoms with Crippen LogP contribution in [-0.2, 0) is 20.8 Å². The maximum atomic E-state index is 15.3. The summed E-state index contributed by atoms with van der Waals surface area (Å²) in [6, 6.07) is 4.94. The van der Waals surface area contributed by atoms with Crippen LogP contribution in [0.3, 0.4) is 0 Å². The zero-order valence-electron chi connectivity index (χ0n) is 17.2. The van der Waals surface area contributed by atoms with E-state index in [4.69, 9.17) is 4.74 Å². The SMILES string of the molecule is O=S(=O)(c1ccc(C(F)(F)F)cc1)[C@@]12CC[C@H]3NSCC[C@H]3[C@@H]1COc1c(F)ccc(F)c12. The van der Waals surface area contributed by atoms with Gasteiger partial charge in [0.2, 0.25) is 0 Å². The Morgan fingerprint density at radius 3 is 2.42 bits per heavy atom. The molecule has 0 radical (unpaired) electrons. The highest BCUT2D eigenvalue weighted by molar-refractivity contribution is 7.97. The average molecular weight is 506 g/mol. The fourth-order valence-corrected chi connectivity index (χ4v) is 9.03. The lowest BCUT2D eigenvalue weighted by atomic mass is 9.64. The number of ether oxygens (including phenoxy) is 1.